The summed E-state index contributed by atoms with van der Waals surface area (Å²) in [5, 5.41) is 0. The summed E-state index contributed by atoms with van der Waals surface area (Å²) in [4.78, 5) is 0.747. The molecule has 0 nitrogen and oxygen atoms in total. The Morgan fingerprint density at radius 3 is 2.31 bits per heavy atom. The van der Waals surface area contributed by atoms with E-state index in [-0.39, 0.29) is 0 Å². The van der Waals surface area contributed by atoms with E-state index in [0.29, 0.717) is 5.92 Å². The van der Waals surface area contributed by atoms with Crippen LogP contribution in [0.15, 0.2) is 24.3 Å². The molecule has 1 aromatic carbocycles. The first-order valence-corrected chi connectivity index (χ1v) is 7.31. The number of hydrogen-bond acceptors (Lipinski definition) is 0. The highest BCUT2D eigenvalue weighted by molar-refractivity contribution is 9.09. The molecule has 0 bridgehead atoms. The van der Waals surface area contributed by atoms with Crippen molar-refractivity contribution in [1.29, 1.82) is 0 Å². The van der Waals surface area contributed by atoms with Crippen molar-refractivity contribution < 1.29 is 0 Å². The van der Waals surface area contributed by atoms with Crippen LogP contribution in [-0.2, 0) is 6.42 Å². The minimum absolute atomic E-state index is 0.643. The van der Waals surface area contributed by atoms with Crippen molar-refractivity contribution in [2.45, 2.75) is 50.3 Å². The fourth-order valence-electron chi connectivity index (χ4n) is 2.07. The molecule has 1 saturated carbocycles. The van der Waals surface area contributed by atoms with Crippen LogP contribution in [0, 0.1) is 5.92 Å². The van der Waals surface area contributed by atoms with Crippen LogP contribution in [0.2, 0.25) is 0 Å². The monoisotopic (exact) mass is 280 g/mol. The smallest absolute Gasteiger partial charge is 0.0177 e. The van der Waals surface area contributed by atoms with Gasteiger partial charge in [-0.05, 0) is 48.6 Å². The molecule has 1 aromatic rings. The Morgan fingerprint density at radius 2 is 1.81 bits per heavy atom. The summed E-state index contributed by atoms with van der Waals surface area (Å²) in [5.74, 6) is 1.61. The molecule has 0 aliphatic heterocycles. The van der Waals surface area contributed by atoms with Gasteiger partial charge in [0.25, 0.3) is 0 Å². The molecule has 0 spiro atoms. The van der Waals surface area contributed by atoms with Crippen molar-refractivity contribution in [2.75, 3.05) is 0 Å². The molecule has 0 saturated heterocycles. The summed E-state index contributed by atoms with van der Waals surface area (Å²) in [7, 11) is 0. The zero-order valence-corrected chi connectivity index (χ0v) is 11.8. The molecule has 0 radical (unpaired) electrons. The lowest BCUT2D eigenvalue weighted by Crippen LogP contribution is -2.02. The van der Waals surface area contributed by atoms with E-state index in [1.54, 1.807) is 0 Å². The van der Waals surface area contributed by atoms with Gasteiger partial charge in [0.2, 0.25) is 0 Å². The third-order valence-electron chi connectivity index (χ3n) is 3.49. The van der Waals surface area contributed by atoms with Gasteiger partial charge in [-0.1, -0.05) is 54.0 Å². The molecule has 16 heavy (non-hydrogen) atoms. The second kappa shape index (κ2) is 5.35. The van der Waals surface area contributed by atoms with E-state index in [9.17, 15) is 0 Å². The Morgan fingerprint density at radius 1 is 1.19 bits per heavy atom. The number of alkyl halides is 1. The van der Waals surface area contributed by atoms with Crippen molar-refractivity contribution >= 4 is 15.9 Å². The zero-order valence-electron chi connectivity index (χ0n) is 10.2. The lowest BCUT2D eigenvalue weighted by Gasteiger charge is -2.09. The highest BCUT2D eigenvalue weighted by atomic mass is 79.9. The minimum atomic E-state index is 0.643. The van der Waals surface area contributed by atoms with Gasteiger partial charge in [-0.3, -0.25) is 0 Å². The Bertz CT molecular complexity index is 322. The van der Waals surface area contributed by atoms with Gasteiger partial charge in [0.05, 0.1) is 0 Å². The molecular weight excluding hydrogens is 260 g/mol. The molecule has 0 N–H and O–H groups in total. The number of halogens is 1. The van der Waals surface area contributed by atoms with Gasteiger partial charge in [0.15, 0.2) is 0 Å². The summed E-state index contributed by atoms with van der Waals surface area (Å²) in [6.07, 6.45) is 5.36. The average Bonchev–Trinajstić information content (AvgIpc) is 3.10. The number of aryl methyl sites for hydroxylation is 1. The summed E-state index contributed by atoms with van der Waals surface area (Å²) < 4.78 is 0. The highest BCUT2D eigenvalue weighted by Crippen LogP contribution is 2.38. The van der Waals surface area contributed by atoms with Crippen molar-refractivity contribution in [2.24, 2.45) is 5.92 Å². The summed E-state index contributed by atoms with van der Waals surface area (Å²) in [5.41, 5.74) is 2.93. The van der Waals surface area contributed by atoms with E-state index in [0.717, 1.165) is 10.7 Å². The summed E-state index contributed by atoms with van der Waals surface area (Å²) in [6, 6.07) is 9.14. The van der Waals surface area contributed by atoms with Gasteiger partial charge >= 0.3 is 0 Å². The third kappa shape index (κ3) is 3.35. The SMILES string of the molecule is CC(C)c1ccc(CCC(Br)C2CC2)cc1. The molecule has 0 amide bonds. The zero-order chi connectivity index (χ0) is 11.5. The first-order valence-electron chi connectivity index (χ1n) is 6.39. The maximum atomic E-state index is 3.80. The van der Waals surface area contributed by atoms with Crippen LogP contribution < -0.4 is 0 Å². The fourth-order valence-corrected chi connectivity index (χ4v) is 2.82. The molecule has 1 heteroatoms. The third-order valence-corrected chi connectivity index (χ3v) is 4.69. The van der Waals surface area contributed by atoms with E-state index in [1.807, 2.05) is 0 Å². The molecule has 88 valence electrons. The van der Waals surface area contributed by atoms with E-state index >= 15 is 0 Å². The van der Waals surface area contributed by atoms with Gasteiger partial charge in [-0.15, -0.1) is 0 Å². The normalized spacial score (nSPS) is 17.8. The van der Waals surface area contributed by atoms with E-state index in [4.69, 9.17) is 0 Å². The van der Waals surface area contributed by atoms with E-state index in [2.05, 4.69) is 54.0 Å². The molecule has 1 atom stereocenters. The predicted octanol–water partition coefficient (Wildman–Crippen LogP) is 4.92. The number of rotatable bonds is 5. The Kier molecular flexibility index (Phi) is 4.07. The van der Waals surface area contributed by atoms with Crippen LogP contribution in [0.4, 0.5) is 0 Å². The second-order valence-corrected chi connectivity index (χ2v) is 6.46. The standard InChI is InChI=1S/C15H21Br/c1-11(2)13-6-3-12(4-7-13)5-10-15(16)14-8-9-14/h3-4,6-7,11,14-15H,5,8-10H2,1-2H3. The molecule has 1 aliphatic rings. The van der Waals surface area contributed by atoms with Crippen LogP contribution in [-0.4, -0.2) is 4.83 Å². The molecule has 0 heterocycles. The quantitative estimate of drug-likeness (QED) is 0.672. The predicted molar refractivity (Wildman–Crippen MR) is 74.3 cm³/mol. The van der Waals surface area contributed by atoms with Gasteiger partial charge < -0.3 is 0 Å². The first kappa shape index (κ1) is 12.2. The van der Waals surface area contributed by atoms with Crippen molar-refractivity contribution in [3.8, 4) is 0 Å². The van der Waals surface area contributed by atoms with Gasteiger partial charge in [0, 0.05) is 4.83 Å². The Balaban J connectivity index is 1.84. The van der Waals surface area contributed by atoms with Crippen LogP contribution in [0.1, 0.15) is 50.2 Å². The number of benzene rings is 1. The lowest BCUT2D eigenvalue weighted by molar-refractivity contribution is 0.696. The minimum Gasteiger partial charge on any atom is -0.0888 e. The molecule has 1 unspecified atom stereocenters. The summed E-state index contributed by atoms with van der Waals surface area (Å²) >= 11 is 3.80. The average molecular weight is 281 g/mol. The van der Waals surface area contributed by atoms with Crippen LogP contribution in [0.5, 0.6) is 0 Å². The van der Waals surface area contributed by atoms with E-state index in [1.165, 1.54) is 36.8 Å². The molecule has 0 aromatic heterocycles. The molecular formula is C15H21Br. The Hall–Kier alpha value is -0.300. The van der Waals surface area contributed by atoms with Crippen LogP contribution in [0.25, 0.3) is 0 Å². The molecule has 1 aliphatic carbocycles. The van der Waals surface area contributed by atoms with Gasteiger partial charge in [-0.2, -0.15) is 0 Å². The molecule has 1 fully saturated rings. The lowest BCUT2D eigenvalue weighted by atomic mass is 9.99. The van der Waals surface area contributed by atoms with Crippen molar-refractivity contribution in [1.82, 2.24) is 0 Å². The van der Waals surface area contributed by atoms with Crippen molar-refractivity contribution in [3.05, 3.63) is 35.4 Å². The largest absolute Gasteiger partial charge is 0.0888 e. The maximum Gasteiger partial charge on any atom is 0.0177 e. The fraction of sp³-hybridized carbons (Fsp3) is 0.600. The Labute approximate surface area is 108 Å². The van der Waals surface area contributed by atoms with Gasteiger partial charge in [0.1, 0.15) is 0 Å². The van der Waals surface area contributed by atoms with Crippen LogP contribution in [0.3, 0.4) is 0 Å². The maximum absolute atomic E-state index is 3.80. The van der Waals surface area contributed by atoms with E-state index < -0.39 is 0 Å². The second-order valence-electron chi connectivity index (χ2n) is 5.29. The number of hydrogen-bond donors (Lipinski definition) is 0. The summed E-state index contributed by atoms with van der Waals surface area (Å²) in [6.45, 7) is 4.49. The highest BCUT2D eigenvalue weighted by Gasteiger charge is 2.28. The van der Waals surface area contributed by atoms with Gasteiger partial charge in [-0.25, -0.2) is 0 Å². The topological polar surface area (TPSA) is 0 Å². The molecule has 2 rings (SSSR count). The first-order chi connectivity index (χ1) is 7.66. The van der Waals surface area contributed by atoms with Crippen LogP contribution >= 0.6 is 15.9 Å². The van der Waals surface area contributed by atoms with Crippen molar-refractivity contribution in [3.63, 3.8) is 0 Å².